The van der Waals surface area contributed by atoms with Crippen molar-refractivity contribution in [3.8, 4) is 0 Å². The number of hydrogen-bond donors (Lipinski definition) is 2. The molecule has 1 aromatic carbocycles. The van der Waals surface area contributed by atoms with Gasteiger partial charge in [0.15, 0.2) is 0 Å². The summed E-state index contributed by atoms with van der Waals surface area (Å²) in [4.78, 5) is 14.2. The summed E-state index contributed by atoms with van der Waals surface area (Å²) in [5, 5.41) is 2.34. The average Bonchev–Trinajstić information content (AvgIpc) is 2.67. The van der Waals surface area contributed by atoms with E-state index in [1.807, 2.05) is 0 Å². The predicted molar refractivity (Wildman–Crippen MR) is 75.7 cm³/mol. The van der Waals surface area contributed by atoms with E-state index in [0.717, 1.165) is 37.8 Å². The van der Waals surface area contributed by atoms with E-state index in [4.69, 9.17) is 5.73 Å². The van der Waals surface area contributed by atoms with Crippen LogP contribution in [0, 0.1) is 11.6 Å². The topological polar surface area (TPSA) is 58.4 Å². The van der Waals surface area contributed by atoms with E-state index in [-0.39, 0.29) is 24.2 Å². The van der Waals surface area contributed by atoms with Crippen molar-refractivity contribution in [3.05, 3.63) is 29.8 Å². The van der Waals surface area contributed by atoms with Crippen LogP contribution in [0.15, 0.2) is 18.2 Å². The summed E-state index contributed by atoms with van der Waals surface area (Å²) in [5.74, 6) is -1.90. The molecule has 1 amide bonds. The lowest BCUT2D eigenvalue weighted by Gasteiger charge is -2.37. The van der Waals surface area contributed by atoms with E-state index >= 15 is 0 Å². The summed E-state index contributed by atoms with van der Waals surface area (Å²) in [6, 6.07) is 4.35. The highest BCUT2D eigenvalue weighted by molar-refractivity contribution is 5.92. The van der Waals surface area contributed by atoms with Gasteiger partial charge in [-0.3, -0.25) is 9.69 Å². The molecule has 114 valence electrons. The van der Waals surface area contributed by atoms with Crippen LogP contribution in [0.25, 0.3) is 0 Å². The Bertz CT molecular complexity index is 517. The molecule has 2 unspecified atom stereocenters. The molecule has 1 aromatic rings. The highest BCUT2D eigenvalue weighted by Gasteiger charge is 2.40. The summed E-state index contributed by atoms with van der Waals surface area (Å²) >= 11 is 0. The monoisotopic (exact) mass is 295 g/mol. The number of amides is 1. The molecule has 2 bridgehead atoms. The summed E-state index contributed by atoms with van der Waals surface area (Å²) in [7, 11) is 0. The van der Waals surface area contributed by atoms with E-state index in [9.17, 15) is 13.6 Å². The minimum atomic E-state index is -0.757. The fourth-order valence-electron chi connectivity index (χ4n) is 3.54. The first-order chi connectivity index (χ1) is 10.0. The first kappa shape index (κ1) is 14.4. The Balaban J connectivity index is 1.65. The Hall–Kier alpha value is -1.53. The highest BCUT2D eigenvalue weighted by Crippen LogP contribution is 2.34. The average molecular weight is 295 g/mol. The molecular formula is C15H19F2N3O. The second kappa shape index (κ2) is 5.69. The number of para-hydroxylation sites is 1. The number of rotatable bonds is 3. The number of piperidine rings is 1. The standard InChI is InChI=1S/C15H19F2N3O/c16-12-2-1-3-13(17)15(12)19-14(21)8-20-10-4-5-11(20)7-9(18)6-10/h1-3,9-11H,4-8,18H2,(H,19,21). The molecule has 2 fully saturated rings. The Morgan fingerprint density at radius 3 is 2.38 bits per heavy atom. The fourth-order valence-corrected chi connectivity index (χ4v) is 3.54. The SMILES string of the molecule is NC1CC2CCC(C1)N2CC(=O)Nc1c(F)cccc1F. The van der Waals surface area contributed by atoms with Crippen molar-refractivity contribution >= 4 is 11.6 Å². The summed E-state index contributed by atoms with van der Waals surface area (Å²) < 4.78 is 27.0. The maximum Gasteiger partial charge on any atom is 0.238 e. The van der Waals surface area contributed by atoms with Crippen molar-refractivity contribution in [1.82, 2.24) is 4.90 Å². The summed E-state index contributed by atoms with van der Waals surface area (Å²) in [6.07, 6.45) is 3.86. The van der Waals surface area contributed by atoms with Crippen LogP contribution in [0.2, 0.25) is 0 Å². The lowest BCUT2D eigenvalue weighted by Crippen LogP contribution is -2.50. The van der Waals surface area contributed by atoms with E-state index < -0.39 is 11.6 Å². The summed E-state index contributed by atoms with van der Waals surface area (Å²) in [5.41, 5.74) is 5.61. The van der Waals surface area contributed by atoms with Crippen LogP contribution in [-0.2, 0) is 4.79 Å². The number of fused-ring (bicyclic) bond motifs is 2. The molecule has 0 aliphatic carbocycles. The Labute approximate surface area is 122 Å². The van der Waals surface area contributed by atoms with E-state index in [2.05, 4.69) is 10.2 Å². The van der Waals surface area contributed by atoms with E-state index in [1.165, 1.54) is 6.07 Å². The van der Waals surface area contributed by atoms with Crippen molar-refractivity contribution in [2.24, 2.45) is 5.73 Å². The predicted octanol–water partition coefficient (Wildman–Crippen LogP) is 1.86. The number of nitrogens with zero attached hydrogens (tertiary/aromatic N) is 1. The number of benzene rings is 1. The van der Waals surface area contributed by atoms with Gasteiger partial charge in [-0.2, -0.15) is 0 Å². The Morgan fingerprint density at radius 2 is 1.81 bits per heavy atom. The van der Waals surface area contributed by atoms with Crippen molar-refractivity contribution < 1.29 is 13.6 Å². The largest absolute Gasteiger partial charge is 0.328 e. The highest BCUT2D eigenvalue weighted by atomic mass is 19.1. The number of halogens is 2. The third-order valence-electron chi connectivity index (χ3n) is 4.47. The van der Waals surface area contributed by atoms with Crippen LogP contribution in [0.1, 0.15) is 25.7 Å². The molecule has 2 aliphatic heterocycles. The second-order valence-electron chi connectivity index (χ2n) is 5.93. The number of nitrogens with one attached hydrogen (secondary N) is 1. The molecule has 2 saturated heterocycles. The first-order valence-corrected chi connectivity index (χ1v) is 7.30. The Kier molecular flexibility index (Phi) is 3.91. The number of carbonyl (C=O) groups is 1. The maximum atomic E-state index is 13.5. The van der Waals surface area contributed by atoms with Crippen LogP contribution >= 0.6 is 0 Å². The molecule has 2 heterocycles. The van der Waals surface area contributed by atoms with Gasteiger partial charge in [-0.15, -0.1) is 0 Å². The molecule has 0 radical (unpaired) electrons. The Morgan fingerprint density at radius 1 is 1.24 bits per heavy atom. The molecule has 4 nitrogen and oxygen atoms in total. The second-order valence-corrected chi connectivity index (χ2v) is 5.93. The molecule has 0 spiro atoms. The normalized spacial score (nSPS) is 28.6. The van der Waals surface area contributed by atoms with Gasteiger partial charge in [0.05, 0.1) is 6.54 Å². The number of nitrogens with two attached hydrogens (primary N) is 1. The van der Waals surface area contributed by atoms with Crippen molar-refractivity contribution in [3.63, 3.8) is 0 Å². The van der Waals surface area contributed by atoms with Gasteiger partial charge < -0.3 is 11.1 Å². The zero-order chi connectivity index (χ0) is 15.0. The molecule has 2 atom stereocenters. The van der Waals surface area contributed by atoms with Gasteiger partial charge in [0, 0.05) is 18.1 Å². The van der Waals surface area contributed by atoms with E-state index in [0.29, 0.717) is 12.1 Å². The quantitative estimate of drug-likeness (QED) is 0.895. The molecular weight excluding hydrogens is 276 g/mol. The maximum absolute atomic E-state index is 13.5. The molecule has 0 aromatic heterocycles. The van der Waals surface area contributed by atoms with Gasteiger partial charge in [-0.25, -0.2) is 8.78 Å². The molecule has 0 saturated carbocycles. The smallest absolute Gasteiger partial charge is 0.238 e. The van der Waals surface area contributed by atoms with Crippen molar-refractivity contribution in [2.45, 2.75) is 43.8 Å². The third kappa shape index (κ3) is 2.91. The van der Waals surface area contributed by atoms with Crippen molar-refractivity contribution in [2.75, 3.05) is 11.9 Å². The van der Waals surface area contributed by atoms with Gasteiger partial charge in [0.2, 0.25) is 5.91 Å². The van der Waals surface area contributed by atoms with E-state index in [1.54, 1.807) is 0 Å². The van der Waals surface area contributed by atoms with Crippen LogP contribution in [0.5, 0.6) is 0 Å². The third-order valence-corrected chi connectivity index (χ3v) is 4.47. The van der Waals surface area contributed by atoms with Gasteiger partial charge in [0.25, 0.3) is 0 Å². The minimum absolute atomic E-state index is 0.163. The van der Waals surface area contributed by atoms with Crippen LogP contribution in [0.3, 0.4) is 0 Å². The van der Waals surface area contributed by atoms with Crippen LogP contribution < -0.4 is 11.1 Å². The number of carbonyl (C=O) groups excluding carboxylic acids is 1. The lowest BCUT2D eigenvalue weighted by molar-refractivity contribution is -0.118. The molecule has 21 heavy (non-hydrogen) atoms. The van der Waals surface area contributed by atoms with Gasteiger partial charge in [-0.1, -0.05) is 6.07 Å². The zero-order valence-electron chi connectivity index (χ0n) is 11.7. The van der Waals surface area contributed by atoms with Gasteiger partial charge in [-0.05, 0) is 37.8 Å². The molecule has 6 heteroatoms. The lowest BCUT2D eigenvalue weighted by atomic mass is 9.98. The molecule has 3 rings (SSSR count). The van der Waals surface area contributed by atoms with Gasteiger partial charge >= 0.3 is 0 Å². The van der Waals surface area contributed by atoms with Crippen molar-refractivity contribution in [1.29, 1.82) is 0 Å². The van der Waals surface area contributed by atoms with Crippen LogP contribution in [-0.4, -0.2) is 35.5 Å². The number of hydrogen-bond acceptors (Lipinski definition) is 3. The number of anilines is 1. The van der Waals surface area contributed by atoms with Crippen LogP contribution in [0.4, 0.5) is 14.5 Å². The summed E-state index contributed by atoms with van der Waals surface area (Å²) in [6.45, 7) is 0.163. The fraction of sp³-hybridized carbons (Fsp3) is 0.533. The zero-order valence-corrected chi connectivity index (χ0v) is 11.7. The molecule has 3 N–H and O–H groups in total. The minimum Gasteiger partial charge on any atom is -0.328 e. The van der Waals surface area contributed by atoms with Gasteiger partial charge in [0.1, 0.15) is 17.3 Å². The first-order valence-electron chi connectivity index (χ1n) is 7.30. The molecule has 2 aliphatic rings.